The van der Waals surface area contributed by atoms with Crippen LogP contribution in [0.3, 0.4) is 0 Å². The average molecular weight is 596 g/mol. The minimum Gasteiger partial charge on any atom is -0.480 e. The molecule has 1 fully saturated rings. The van der Waals surface area contributed by atoms with E-state index in [1.54, 1.807) is 46.4 Å². The van der Waals surface area contributed by atoms with Gasteiger partial charge in [-0.25, -0.2) is 0 Å². The van der Waals surface area contributed by atoms with Crippen molar-refractivity contribution in [2.45, 2.75) is 79.1 Å². The monoisotopic (exact) mass is 595 g/mol. The van der Waals surface area contributed by atoms with Crippen molar-refractivity contribution < 1.29 is 38.5 Å². The van der Waals surface area contributed by atoms with E-state index < -0.39 is 22.8 Å². The average Bonchev–Trinajstić information content (AvgIpc) is 2.71. The summed E-state index contributed by atoms with van der Waals surface area (Å²) in [6.45, 7) is 19.8. The molecule has 1 aliphatic heterocycles. The van der Waals surface area contributed by atoms with Crippen LogP contribution >= 0.6 is 0 Å². The molecule has 13 heteroatoms. The Hall–Kier alpha value is -1.28. The van der Waals surface area contributed by atoms with Crippen LogP contribution in [0, 0.1) is 0 Å². The van der Waals surface area contributed by atoms with Gasteiger partial charge in [-0.15, -0.1) is 0 Å². The molecule has 0 spiro atoms. The van der Waals surface area contributed by atoms with Crippen molar-refractivity contribution in [2.24, 2.45) is 0 Å². The minimum absolute atomic E-state index is 0. The number of carboxylic acid groups (broad SMARTS) is 1. The first-order valence-electron chi connectivity index (χ1n) is 14.0. The topological polar surface area (TPSA) is 129 Å². The third-order valence-electron chi connectivity index (χ3n) is 5.61. The van der Waals surface area contributed by atoms with Gasteiger partial charge in [0, 0.05) is 81.9 Å². The van der Waals surface area contributed by atoms with E-state index in [1.165, 1.54) is 0 Å². The van der Waals surface area contributed by atoms with Gasteiger partial charge in [0.05, 0.1) is 26.2 Å². The molecule has 1 aliphatic rings. The van der Waals surface area contributed by atoms with Crippen LogP contribution in [0.5, 0.6) is 0 Å². The van der Waals surface area contributed by atoms with Gasteiger partial charge < -0.3 is 19.3 Å². The van der Waals surface area contributed by atoms with Gasteiger partial charge in [0.2, 0.25) is 0 Å². The van der Waals surface area contributed by atoms with Gasteiger partial charge in [0.25, 0.3) is 0 Å². The Kier molecular flexibility index (Phi) is 17.2. The third kappa shape index (κ3) is 21.1. The normalized spacial score (nSPS) is 17.9. The van der Waals surface area contributed by atoms with Crippen molar-refractivity contribution >= 4 is 53.4 Å². The Bertz CT molecular complexity index is 806. The Labute approximate surface area is 268 Å². The number of carboxylic acids is 1. The van der Waals surface area contributed by atoms with Crippen molar-refractivity contribution in [1.82, 2.24) is 19.6 Å². The third-order valence-corrected chi connectivity index (χ3v) is 5.61. The molecule has 0 aromatic carbocycles. The van der Waals surface area contributed by atoms with Crippen molar-refractivity contribution in [3.05, 3.63) is 0 Å². The molecule has 0 bridgehead atoms. The number of ether oxygens (including phenoxy) is 3. The summed E-state index contributed by atoms with van der Waals surface area (Å²) in [4.78, 5) is 57.0. The summed E-state index contributed by atoms with van der Waals surface area (Å²) in [6, 6.07) is 0. The summed E-state index contributed by atoms with van der Waals surface area (Å²) in [5.41, 5.74) is -1.87. The second kappa shape index (κ2) is 17.7. The first-order valence-corrected chi connectivity index (χ1v) is 14.0. The summed E-state index contributed by atoms with van der Waals surface area (Å²) in [7, 11) is 0. The fraction of sp³-hybridized carbons (Fsp3) is 0.857. The molecule has 1 saturated heterocycles. The maximum atomic E-state index is 12.7. The molecule has 12 nitrogen and oxygen atoms in total. The van der Waals surface area contributed by atoms with E-state index >= 15 is 0 Å². The minimum atomic E-state index is -0.951. The molecular weight excluding hydrogens is 543 g/mol. The molecule has 1 rings (SSSR count). The smallest absolute Gasteiger partial charge is 0.320 e. The number of hydrogen-bond donors (Lipinski definition) is 1. The maximum Gasteiger partial charge on any atom is 0.320 e. The van der Waals surface area contributed by atoms with E-state index in [1.807, 2.05) is 35.5 Å². The van der Waals surface area contributed by atoms with E-state index in [9.17, 15) is 24.3 Å². The summed E-state index contributed by atoms with van der Waals surface area (Å²) >= 11 is 0. The molecule has 0 atom stereocenters. The molecule has 0 saturated carbocycles. The van der Waals surface area contributed by atoms with Crippen LogP contribution in [0.2, 0.25) is 0 Å². The molecular formula is C28H52N4NaO8. The summed E-state index contributed by atoms with van der Waals surface area (Å²) in [6.07, 6.45) is 0. The van der Waals surface area contributed by atoms with Crippen LogP contribution in [0.25, 0.3) is 0 Å². The Morgan fingerprint density at radius 2 is 0.683 bits per heavy atom. The molecule has 1 N–H and O–H groups in total. The summed E-state index contributed by atoms with van der Waals surface area (Å²) in [5, 5.41) is 9.46. The number of rotatable bonds is 8. The van der Waals surface area contributed by atoms with Gasteiger partial charge in [0.1, 0.15) is 16.8 Å². The number of carbonyl (C=O) groups is 4. The zero-order valence-electron chi connectivity index (χ0n) is 27.1. The number of esters is 3. The first-order chi connectivity index (χ1) is 18.2. The molecule has 233 valence electrons. The van der Waals surface area contributed by atoms with Crippen molar-refractivity contribution in [3.8, 4) is 0 Å². The van der Waals surface area contributed by atoms with Crippen LogP contribution in [0.4, 0.5) is 0 Å². The Morgan fingerprint density at radius 1 is 0.488 bits per heavy atom. The molecule has 0 aromatic heterocycles. The molecule has 0 aliphatic carbocycles. The van der Waals surface area contributed by atoms with Gasteiger partial charge in [0.15, 0.2) is 0 Å². The van der Waals surface area contributed by atoms with Gasteiger partial charge in [-0.1, -0.05) is 0 Å². The molecule has 0 unspecified atom stereocenters. The van der Waals surface area contributed by atoms with Gasteiger partial charge in [-0.2, -0.15) is 0 Å². The van der Waals surface area contributed by atoms with E-state index in [2.05, 4.69) is 0 Å². The van der Waals surface area contributed by atoms with E-state index in [4.69, 9.17) is 14.2 Å². The summed E-state index contributed by atoms with van der Waals surface area (Å²) in [5.74, 6) is -2.05. The van der Waals surface area contributed by atoms with Gasteiger partial charge in [-0.05, 0) is 62.3 Å². The predicted molar refractivity (Wildman–Crippen MR) is 157 cm³/mol. The van der Waals surface area contributed by atoms with Crippen LogP contribution in [0.1, 0.15) is 62.3 Å². The van der Waals surface area contributed by atoms with Crippen molar-refractivity contribution in [1.29, 1.82) is 0 Å². The van der Waals surface area contributed by atoms with Crippen LogP contribution in [0.15, 0.2) is 0 Å². The zero-order valence-corrected chi connectivity index (χ0v) is 29.1. The second-order valence-electron chi connectivity index (χ2n) is 13.3. The molecule has 1 heterocycles. The molecule has 0 aromatic rings. The quantitative estimate of drug-likeness (QED) is 0.244. The first kappa shape index (κ1) is 39.7. The predicted octanol–water partition coefficient (Wildman–Crippen LogP) is 0.937. The van der Waals surface area contributed by atoms with E-state index in [0.717, 1.165) is 0 Å². The molecule has 1 radical (unpaired) electrons. The SMILES string of the molecule is CC(C)(C)OC(=O)CN1CCN(CC(=O)O)CCN(CC(=O)OC(C)(C)C)CCN(CC(=O)OC(C)(C)C)CC1.[Na]. The molecule has 0 amide bonds. The van der Waals surface area contributed by atoms with E-state index in [0.29, 0.717) is 52.4 Å². The number of nitrogens with zero attached hydrogens (tertiary/aromatic N) is 4. The van der Waals surface area contributed by atoms with Crippen LogP contribution < -0.4 is 0 Å². The van der Waals surface area contributed by atoms with E-state index in [-0.39, 0.29) is 73.6 Å². The van der Waals surface area contributed by atoms with Gasteiger partial charge in [-0.3, -0.25) is 38.8 Å². The maximum absolute atomic E-state index is 12.7. The Morgan fingerprint density at radius 3 is 0.854 bits per heavy atom. The Balaban J connectivity index is 0.0000160. The summed E-state index contributed by atoms with van der Waals surface area (Å²) < 4.78 is 16.6. The fourth-order valence-corrected chi connectivity index (χ4v) is 4.07. The van der Waals surface area contributed by atoms with Crippen LogP contribution in [-0.2, 0) is 33.4 Å². The van der Waals surface area contributed by atoms with Crippen molar-refractivity contribution in [2.75, 3.05) is 78.5 Å². The molecule has 41 heavy (non-hydrogen) atoms. The van der Waals surface area contributed by atoms with Gasteiger partial charge >= 0.3 is 23.9 Å². The van der Waals surface area contributed by atoms with Crippen LogP contribution in [-0.4, -0.2) is 173 Å². The number of carbonyl (C=O) groups excluding carboxylic acids is 3. The number of hydrogen-bond acceptors (Lipinski definition) is 11. The standard InChI is InChI=1S/C28H52N4O8.Na/c1-26(2,3)38-23(35)19-30-12-10-29(18-22(33)34)11-13-31(20-24(36)39-27(4,5)6)15-17-32(16-14-30)21-25(37)40-28(7,8)9;/h10-21H2,1-9H3,(H,33,34);. The fourth-order valence-electron chi connectivity index (χ4n) is 4.07. The second-order valence-corrected chi connectivity index (χ2v) is 13.3. The zero-order chi connectivity index (χ0) is 30.7. The number of aliphatic carboxylic acids is 1. The largest absolute Gasteiger partial charge is 0.480 e. The van der Waals surface area contributed by atoms with Crippen molar-refractivity contribution in [3.63, 3.8) is 0 Å².